The van der Waals surface area contributed by atoms with Gasteiger partial charge in [-0.2, -0.15) is 0 Å². The molecule has 14 heteroatoms. The Hall–Kier alpha value is -3.57. The number of carbonyl (C=O) groups excluding carboxylic acids is 3. The summed E-state index contributed by atoms with van der Waals surface area (Å²) in [5, 5.41) is 16.8. The Bertz CT molecular complexity index is 1070. The maximum absolute atomic E-state index is 12.8. The number of nitrogens with one attached hydrogen (secondary N) is 1. The van der Waals surface area contributed by atoms with Crippen LogP contribution >= 0.6 is 23.1 Å². The van der Waals surface area contributed by atoms with Crippen molar-refractivity contribution in [1.29, 1.82) is 0 Å². The van der Waals surface area contributed by atoms with E-state index in [9.17, 15) is 24.3 Å². The number of anilines is 1. The summed E-state index contributed by atoms with van der Waals surface area (Å²) in [6.45, 7) is 0.761. The molecule has 1 fully saturated rings. The summed E-state index contributed by atoms with van der Waals surface area (Å²) in [4.78, 5) is 58.3. The standard InChI is InChI=1S/C18H17N5O7S2/c1-3-4-30-22-11(10-7-32-18(19)20-10)14(25)21-12-15(26)23-13(17(27)28)9(5-29-8(2)24)6-31-16(12)23/h1,7,12,16H,4-6H2,2H3,(H2,19,20)(H,21,25)(H,27,28)/b22-11-/t12?,16-/m0/s1. The summed E-state index contributed by atoms with van der Waals surface area (Å²) < 4.78 is 4.88. The van der Waals surface area contributed by atoms with Gasteiger partial charge in [-0.1, -0.05) is 11.1 Å². The summed E-state index contributed by atoms with van der Waals surface area (Å²) in [5.41, 5.74) is 5.54. The highest BCUT2D eigenvalue weighted by molar-refractivity contribution is 8.00. The van der Waals surface area contributed by atoms with Crippen molar-refractivity contribution in [2.24, 2.45) is 5.16 Å². The molecule has 0 radical (unpaired) electrons. The van der Waals surface area contributed by atoms with Crippen LogP contribution in [0.4, 0.5) is 5.13 Å². The number of oxime groups is 1. The Kier molecular flexibility index (Phi) is 7.01. The third-order valence-electron chi connectivity index (χ3n) is 4.27. The van der Waals surface area contributed by atoms with Crippen LogP contribution in [0.2, 0.25) is 0 Å². The molecule has 32 heavy (non-hydrogen) atoms. The van der Waals surface area contributed by atoms with Gasteiger partial charge in [-0.15, -0.1) is 29.5 Å². The van der Waals surface area contributed by atoms with Crippen LogP contribution in [-0.4, -0.2) is 74.8 Å². The molecule has 0 bridgehead atoms. The van der Waals surface area contributed by atoms with Crippen molar-refractivity contribution in [1.82, 2.24) is 15.2 Å². The van der Waals surface area contributed by atoms with Crippen LogP contribution in [0.25, 0.3) is 0 Å². The van der Waals surface area contributed by atoms with E-state index >= 15 is 0 Å². The first kappa shape index (κ1) is 23.1. The number of aromatic nitrogens is 1. The Labute approximate surface area is 189 Å². The molecular formula is C18H17N5O7S2. The highest BCUT2D eigenvalue weighted by Gasteiger charge is 2.54. The summed E-state index contributed by atoms with van der Waals surface area (Å²) in [5.74, 6) is -0.902. The topological polar surface area (TPSA) is 174 Å². The molecule has 0 spiro atoms. The molecule has 0 aromatic carbocycles. The Balaban J connectivity index is 1.78. The second-order valence-electron chi connectivity index (χ2n) is 6.39. The van der Waals surface area contributed by atoms with Gasteiger partial charge in [-0.05, 0) is 0 Å². The lowest BCUT2D eigenvalue weighted by molar-refractivity contribution is -0.150. The lowest BCUT2D eigenvalue weighted by atomic mass is 10.0. The first-order valence-electron chi connectivity index (χ1n) is 8.93. The minimum Gasteiger partial charge on any atom is -0.477 e. The summed E-state index contributed by atoms with van der Waals surface area (Å²) in [6.07, 6.45) is 5.11. The van der Waals surface area contributed by atoms with Crippen molar-refractivity contribution < 1.29 is 33.9 Å². The van der Waals surface area contributed by atoms with Crippen molar-refractivity contribution >= 4 is 57.7 Å². The van der Waals surface area contributed by atoms with Crippen molar-refractivity contribution in [3.05, 3.63) is 22.3 Å². The molecule has 3 rings (SSSR count). The van der Waals surface area contributed by atoms with E-state index in [1.165, 1.54) is 24.1 Å². The van der Waals surface area contributed by atoms with Crippen LogP contribution in [0.3, 0.4) is 0 Å². The number of carbonyl (C=O) groups is 4. The highest BCUT2D eigenvalue weighted by Crippen LogP contribution is 2.40. The molecule has 1 saturated heterocycles. The van der Waals surface area contributed by atoms with Gasteiger partial charge in [0.2, 0.25) is 0 Å². The molecule has 2 aliphatic heterocycles. The van der Waals surface area contributed by atoms with Gasteiger partial charge in [-0.25, -0.2) is 9.78 Å². The normalized spacial score (nSPS) is 20.1. The molecule has 4 N–H and O–H groups in total. The first-order chi connectivity index (χ1) is 15.2. The van der Waals surface area contributed by atoms with Crippen LogP contribution in [0.15, 0.2) is 21.8 Å². The second-order valence-corrected chi connectivity index (χ2v) is 8.38. The van der Waals surface area contributed by atoms with E-state index < -0.39 is 35.2 Å². The van der Waals surface area contributed by atoms with E-state index in [2.05, 4.69) is 21.4 Å². The number of hydrogen-bond acceptors (Lipinski definition) is 11. The molecule has 1 aromatic rings. The minimum absolute atomic E-state index is 0.136. The molecule has 168 valence electrons. The Morgan fingerprint density at radius 1 is 1.50 bits per heavy atom. The number of nitrogens with zero attached hydrogens (tertiary/aromatic N) is 3. The zero-order chi connectivity index (χ0) is 23.4. The first-order valence-corrected chi connectivity index (χ1v) is 10.9. The highest BCUT2D eigenvalue weighted by atomic mass is 32.2. The molecule has 0 aliphatic carbocycles. The van der Waals surface area contributed by atoms with Gasteiger partial charge in [0.15, 0.2) is 17.5 Å². The van der Waals surface area contributed by atoms with Gasteiger partial charge < -0.3 is 25.7 Å². The van der Waals surface area contributed by atoms with Gasteiger partial charge in [0.25, 0.3) is 11.8 Å². The number of amides is 2. The number of nitrogens with two attached hydrogens (primary N) is 1. The maximum atomic E-state index is 12.8. The number of hydrogen-bond donors (Lipinski definition) is 3. The molecule has 1 unspecified atom stereocenters. The number of rotatable bonds is 8. The van der Waals surface area contributed by atoms with Crippen LogP contribution < -0.4 is 11.1 Å². The fraction of sp³-hybridized carbons (Fsp3) is 0.333. The third-order valence-corrected chi connectivity index (χ3v) is 6.28. The number of aliphatic carboxylic acids is 1. The van der Waals surface area contributed by atoms with Crippen LogP contribution in [0.1, 0.15) is 12.6 Å². The zero-order valence-electron chi connectivity index (χ0n) is 16.6. The molecule has 12 nitrogen and oxygen atoms in total. The van der Waals surface area contributed by atoms with Gasteiger partial charge in [0.1, 0.15) is 29.4 Å². The number of terminal acetylenes is 1. The number of ether oxygens (including phenoxy) is 1. The average molecular weight is 479 g/mol. The number of nitrogen functional groups attached to an aromatic ring is 1. The predicted octanol–water partition coefficient (Wildman–Crippen LogP) is -0.619. The number of carboxylic acids is 1. The number of β-lactam (4-membered cyclic amide) rings is 1. The monoisotopic (exact) mass is 479 g/mol. The van der Waals surface area contributed by atoms with Crippen molar-refractivity contribution in [2.45, 2.75) is 18.3 Å². The van der Waals surface area contributed by atoms with Crippen LogP contribution in [-0.2, 0) is 28.8 Å². The van der Waals surface area contributed by atoms with Crippen molar-refractivity contribution in [3.8, 4) is 12.3 Å². The predicted molar refractivity (Wildman–Crippen MR) is 114 cm³/mol. The molecule has 2 amide bonds. The Morgan fingerprint density at radius 2 is 2.25 bits per heavy atom. The largest absolute Gasteiger partial charge is 0.477 e. The molecular weight excluding hydrogens is 462 g/mol. The van der Waals surface area contributed by atoms with Gasteiger partial charge >= 0.3 is 11.9 Å². The average Bonchev–Trinajstić information content (AvgIpc) is 3.18. The number of thiazole rings is 1. The lowest BCUT2D eigenvalue weighted by Gasteiger charge is -2.49. The van der Waals surface area contributed by atoms with E-state index in [0.29, 0.717) is 0 Å². The lowest BCUT2D eigenvalue weighted by Crippen LogP contribution is -2.71. The zero-order valence-corrected chi connectivity index (χ0v) is 18.2. The summed E-state index contributed by atoms with van der Waals surface area (Å²) >= 11 is 2.31. The third kappa shape index (κ3) is 4.68. The molecule has 3 heterocycles. The Morgan fingerprint density at radius 3 is 2.84 bits per heavy atom. The number of carboxylic acid groups (broad SMARTS) is 1. The van der Waals surface area contributed by atoms with Crippen molar-refractivity contribution in [2.75, 3.05) is 24.7 Å². The number of esters is 1. The number of thioether (sulfide) groups is 1. The molecule has 2 atom stereocenters. The van der Waals surface area contributed by atoms with Crippen LogP contribution in [0.5, 0.6) is 0 Å². The van der Waals surface area contributed by atoms with Gasteiger partial charge in [0, 0.05) is 23.6 Å². The van der Waals surface area contributed by atoms with Crippen LogP contribution in [0, 0.1) is 12.3 Å². The van der Waals surface area contributed by atoms with E-state index in [1.807, 2.05) is 0 Å². The van der Waals surface area contributed by atoms with Gasteiger partial charge in [-0.3, -0.25) is 19.3 Å². The van der Waals surface area contributed by atoms with E-state index in [0.717, 1.165) is 16.2 Å². The SMILES string of the molecule is C#CCO/N=C(\C(=O)NC1C(=O)N2C(C(=O)O)=C(COC(C)=O)CS[C@@H]12)c1csc(N)n1. The summed E-state index contributed by atoms with van der Waals surface area (Å²) in [7, 11) is 0. The molecule has 2 aliphatic rings. The van der Waals surface area contributed by atoms with E-state index in [-0.39, 0.29) is 46.8 Å². The van der Waals surface area contributed by atoms with E-state index in [4.69, 9.17) is 21.7 Å². The smallest absolute Gasteiger partial charge is 0.352 e. The second kappa shape index (κ2) is 9.71. The fourth-order valence-corrected chi connectivity index (χ4v) is 4.80. The summed E-state index contributed by atoms with van der Waals surface area (Å²) in [6, 6.07) is -1.01. The fourth-order valence-electron chi connectivity index (χ4n) is 2.93. The molecule has 0 saturated carbocycles. The van der Waals surface area contributed by atoms with E-state index in [1.54, 1.807) is 0 Å². The van der Waals surface area contributed by atoms with Crippen molar-refractivity contribution in [3.63, 3.8) is 0 Å². The quantitative estimate of drug-likeness (QED) is 0.109. The maximum Gasteiger partial charge on any atom is 0.352 e. The number of fused-ring (bicyclic) bond motifs is 1. The minimum atomic E-state index is -1.33. The van der Waals surface area contributed by atoms with Gasteiger partial charge in [0.05, 0.1) is 0 Å². The molecule has 1 aromatic heterocycles.